The molecular formula is C10H8ClNO3. The average Bonchev–Trinajstić information content (AvgIpc) is 2.17. The molecule has 78 valence electrons. The summed E-state index contributed by atoms with van der Waals surface area (Å²) in [6.45, 7) is 0. The molecule has 15 heavy (non-hydrogen) atoms. The normalized spacial score (nSPS) is 15.5. The van der Waals surface area contributed by atoms with Crippen LogP contribution in [0, 0.1) is 0 Å². The number of rotatable bonds is 1. The van der Waals surface area contributed by atoms with Gasteiger partial charge >= 0.3 is 0 Å². The van der Waals surface area contributed by atoms with Gasteiger partial charge in [-0.25, -0.2) is 0 Å². The van der Waals surface area contributed by atoms with Crippen LogP contribution in [-0.4, -0.2) is 24.0 Å². The highest BCUT2D eigenvalue weighted by Crippen LogP contribution is 2.26. The first kappa shape index (κ1) is 10.1. The number of hydrogen-bond donors (Lipinski definition) is 0. The average molecular weight is 226 g/mol. The third-order valence-electron chi connectivity index (χ3n) is 2.25. The molecule has 0 bridgehead atoms. The van der Waals surface area contributed by atoms with Crippen LogP contribution in [0.3, 0.4) is 0 Å². The lowest BCUT2D eigenvalue weighted by Crippen LogP contribution is -2.41. The molecule has 0 N–H and O–H groups in total. The molecule has 0 unspecified atom stereocenters. The number of halogens is 1. The quantitative estimate of drug-likeness (QED) is 0.680. The number of imide groups is 1. The van der Waals surface area contributed by atoms with Crippen LogP contribution >= 0.6 is 11.6 Å². The van der Waals surface area contributed by atoms with Gasteiger partial charge in [-0.3, -0.25) is 14.4 Å². The zero-order valence-electron chi connectivity index (χ0n) is 7.99. The fourth-order valence-corrected chi connectivity index (χ4v) is 1.86. The minimum atomic E-state index is -0.505. The maximum absolute atomic E-state index is 11.8. The lowest BCUT2D eigenvalue weighted by molar-refractivity contribution is -0.161. The SMILES string of the molecule is CON1C(=O)Cc2cccc(Cl)c2C1=O. The molecule has 0 atom stereocenters. The molecule has 1 heterocycles. The van der Waals surface area contributed by atoms with Crippen molar-refractivity contribution in [2.45, 2.75) is 6.42 Å². The molecule has 4 nitrogen and oxygen atoms in total. The van der Waals surface area contributed by atoms with E-state index in [1.807, 2.05) is 0 Å². The van der Waals surface area contributed by atoms with Gasteiger partial charge < -0.3 is 0 Å². The molecule has 1 aromatic rings. The van der Waals surface area contributed by atoms with Gasteiger partial charge in [0.05, 0.1) is 24.1 Å². The Kier molecular flexibility index (Phi) is 2.46. The van der Waals surface area contributed by atoms with Gasteiger partial charge in [0.1, 0.15) is 0 Å². The fraction of sp³-hybridized carbons (Fsp3) is 0.200. The molecular weight excluding hydrogens is 218 g/mol. The summed E-state index contributed by atoms with van der Waals surface area (Å²) in [6, 6.07) is 5.04. The molecule has 1 aliphatic rings. The van der Waals surface area contributed by atoms with E-state index in [1.165, 1.54) is 7.11 Å². The Balaban J connectivity index is 2.56. The van der Waals surface area contributed by atoms with E-state index >= 15 is 0 Å². The van der Waals surface area contributed by atoms with Crippen molar-refractivity contribution in [3.8, 4) is 0 Å². The van der Waals surface area contributed by atoms with Crippen molar-refractivity contribution in [2.75, 3.05) is 7.11 Å². The van der Waals surface area contributed by atoms with E-state index in [0.717, 1.165) is 5.06 Å². The molecule has 2 rings (SSSR count). The fourth-order valence-electron chi connectivity index (χ4n) is 1.59. The summed E-state index contributed by atoms with van der Waals surface area (Å²) in [5.74, 6) is -0.883. The van der Waals surface area contributed by atoms with Gasteiger partial charge in [-0.2, -0.15) is 0 Å². The third-order valence-corrected chi connectivity index (χ3v) is 2.56. The predicted molar refractivity (Wildman–Crippen MR) is 53.3 cm³/mol. The topological polar surface area (TPSA) is 46.6 Å². The van der Waals surface area contributed by atoms with Crippen molar-refractivity contribution in [1.82, 2.24) is 5.06 Å². The summed E-state index contributed by atoms with van der Waals surface area (Å²) < 4.78 is 0. The summed E-state index contributed by atoms with van der Waals surface area (Å²) in [6.07, 6.45) is 0.134. The number of hydrogen-bond acceptors (Lipinski definition) is 3. The molecule has 0 aliphatic carbocycles. The van der Waals surface area contributed by atoms with Gasteiger partial charge in [-0.15, -0.1) is 5.06 Å². The number of fused-ring (bicyclic) bond motifs is 1. The lowest BCUT2D eigenvalue weighted by atomic mass is 10.00. The van der Waals surface area contributed by atoms with Gasteiger partial charge in [0.2, 0.25) is 0 Å². The van der Waals surface area contributed by atoms with Crippen LogP contribution in [0.25, 0.3) is 0 Å². The van der Waals surface area contributed by atoms with Crippen molar-refractivity contribution in [3.05, 3.63) is 34.3 Å². The third kappa shape index (κ3) is 1.52. The van der Waals surface area contributed by atoms with Crippen LogP contribution in [-0.2, 0) is 16.1 Å². The monoisotopic (exact) mass is 225 g/mol. The van der Waals surface area contributed by atoms with Gasteiger partial charge in [0.25, 0.3) is 11.8 Å². The van der Waals surface area contributed by atoms with Gasteiger partial charge in [-0.05, 0) is 11.6 Å². The molecule has 0 saturated carbocycles. The van der Waals surface area contributed by atoms with Gasteiger partial charge in [0, 0.05) is 0 Å². The number of amides is 2. The molecule has 2 amide bonds. The first-order valence-corrected chi connectivity index (χ1v) is 4.71. The van der Waals surface area contributed by atoms with Crippen molar-refractivity contribution < 1.29 is 14.4 Å². The lowest BCUT2D eigenvalue weighted by Gasteiger charge is -2.24. The summed E-state index contributed by atoms with van der Waals surface area (Å²) in [5.41, 5.74) is 0.992. The molecule has 0 aromatic heterocycles. The Labute approximate surface area is 91.3 Å². The number of carbonyl (C=O) groups is 2. The molecule has 0 fully saturated rings. The largest absolute Gasteiger partial charge is 0.286 e. The van der Waals surface area contributed by atoms with E-state index in [2.05, 4.69) is 0 Å². The Morgan fingerprint density at radius 1 is 1.40 bits per heavy atom. The minimum Gasteiger partial charge on any atom is -0.272 e. The molecule has 0 radical (unpaired) electrons. The number of hydroxylamine groups is 2. The molecule has 1 aromatic carbocycles. The van der Waals surface area contributed by atoms with Crippen LogP contribution in [0.1, 0.15) is 15.9 Å². The van der Waals surface area contributed by atoms with E-state index in [4.69, 9.17) is 16.4 Å². The van der Waals surface area contributed by atoms with Gasteiger partial charge in [0.15, 0.2) is 0 Å². The number of carbonyl (C=O) groups excluding carboxylic acids is 2. The second-order valence-electron chi connectivity index (χ2n) is 3.13. The van der Waals surface area contributed by atoms with E-state index in [1.54, 1.807) is 18.2 Å². The zero-order chi connectivity index (χ0) is 11.0. The second kappa shape index (κ2) is 3.64. The first-order valence-electron chi connectivity index (χ1n) is 4.34. The maximum Gasteiger partial charge on any atom is 0.286 e. The van der Waals surface area contributed by atoms with E-state index in [9.17, 15) is 9.59 Å². The van der Waals surface area contributed by atoms with E-state index in [0.29, 0.717) is 16.1 Å². The van der Waals surface area contributed by atoms with E-state index < -0.39 is 5.91 Å². The Bertz CT molecular complexity index is 444. The van der Waals surface area contributed by atoms with Crippen molar-refractivity contribution in [3.63, 3.8) is 0 Å². The van der Waals surface area contributed by atoms with Crippen LogP contribution in [0.4, 0.5) is 0 Å². The Morgan fingerprint density at radius 2 is 2.13 bits per heavy atom. The minimum absolute atomic E-state index is 0.134. The van der Waals surface area contributed by atoms with Crippen LogP contribution in [0.15, 0.2) is 18.2 Å². The van der Waals surface area contributed by atoms with Crippen molar-refractivity contribution >= 4 is 23.4 Å². The van der Waals surface area contributed by atoms with E-state index in [-0.39, 0.29) is 12.3 Å². The smallest absolute Gasteiger partial charge is 0.272 e. The predicted octanol–water partition coefficient (Wildman–Crippen LogP) is 1.43. The number of benzene rings is 1. The first-order chi connectivity index (χ1) is 7.15. The summed E-state index contributed by atoms with van der Waals surface area (Å²) in [4.78, 5) is 27.9. The van der Waals surface area contributed by atoms with Crippen molar-refractivity contribution in [2.24, 2.45) is 0 Å². The Hall–Kier alpha value is -1.39. The maximum atomic E-state index is 11.8. The number of nitrogens with zero attached hydrogens (tertiary/aromatic N) is 1. The summed E-state index contributed by atoms with van der Waals surface area (Å²) in [5, 5.41) is 1.07. The summed E-state index contributed by atoms with van der Waals surface area (Å²) in [7, 11) is 1.28. The highest BCUT2D eigenvalue weighted by atomic mass is 35.5. The molecule has 0 spiro atoms. The zero-order valence-corrected chi connectivity index (χ0v) is 8.75. The molecule has 5 heteroatoms. The highest BCUT2D eigenvalue weighted by Gasteiger charge is 2.32. The molecule has 1 aliphatic heterocycles. The van der Waals surface area contributed by atoms with Crippen LogP contribution in [0.5, 0.6) is 0 Å². The molecule has 0 saturated heterocycles. The Morgan fingerprint density at radius 3 is 2.80 bits per heavy atom. The van der Waals surface area contributed by atoms with Crippen LogP contribution in [0.2, 0.25) is 5.02 Å². The van der Waals surface area contributed by atoms with Crippen molar-refractivity contribution in [1.29, 1.82) is 0 Å². The second-order valence-corrected chi connectivity index (χ2v) is 3.53. The van der Waals surface area contributed by atoms with Gasteiger partial charge in [-0.1, -0.05) is 23.7 Å². The summed E-state index contributed by atoms with van der Waals surface area (Å²) >= 11 is 5.89. The van der Waals surface area contributed by atoms with Crippen LogP contribution < -0.4 is 0 Å². The highest BCUT2D eigenvalue weighted by molar-refractivity contribution is 6.34. The standard InChI is InChI=1S/C10H8ClNO3/c1-15-12-8(13)5-6-3-2-4-7(11)9(6)10(12)14/h2-4H,5H2,1H3.